The van der Waals surface area contributed by atoms with E-state index in [1.165, 1.54) is 0 Å². The molecule has 2 N–H and O–H groups in total. The molecule has 0 radical (unpaired) electrons. The molecule has 8 heteroatoms. The van der Waals surface area contributed by atoms with Crippen LogP contribution in [0.25, 0.3) is 0 Å². The lowest BCUT2D eigenvalue weighted by Gasteiger charge is -2.28. The Labute approximate surface area is 138 Å². The maximum atomic E-state index is 13.8. The Bertz CT molecular complexity index is 283. The zero-order valence-corrected chi connectivity index (χ0v) is 14.4. The van der Waals surface area contributed by atoms with Gasteiger partial charge in [-0.1, -0.05) is 0 Å². The van der Waals surface area contributed by atoms with Crippen molar-refractivity contribution in [2.45, 2.75) is 25.6 Å². The number of hydrogen-bond acceptors (Lipinski definition) is 6. The van der Waals surface area contributed by atoms with Crippen molar-refractivity contribution in [3.63, 3.8) is 0 Å². The summed E-state index contributed by atoms with van der Waals surface area (Å²) in [6.07, 6.45) is -0.809. The van der Waals surface area contributed by atoms with E-state index in [-0.39, 0.29) is 13.2 Å². The predicted octanol–water partition coefficient (Wildman–Crippen LogP) is 0.135. The minimum absolute atomic E-state index is 0.0679. The van der Waals surface area contributed by atoms with Crippen molar-refractivity contribution < 1.29 is 28.1 Å². The van der Waals surface area contributed by atoms with Crippen LogP contribution in [0.2, 0.25) is 0 Å². The van der Waals surface area contributed by atoms with Crippen LogP contribution >= 0.6 is 0 Å². The fourth-order valence-corrected chi connectivity index (χ4v) is 1.57. The van der Waals surface area contributed by atoms with E-state index in [9.17, 15) is 9.18 Å². The number of carbonyl (C=O) groups is 1. The van der Waals surface area contributed by atoms with Crippen LogP contribution < -0.4 is 10.6 Å². The van der Waals surface area contributed by atoms with Gasteiger partial charge < -0.3 is 29.6 Å². The maximum Gasteiger partial charge on any atom is 0.207 e. The highest BCUT2D eigenvalue weighted by Crippen LogP contribution is 2.17. The summed E-state index contributed by atoms with van der Waals surface area (Å²) in [5.41, 5.74) is -0.972. The van der Waals surface area contributed by atoms with Gasteiger partial charge in [-0.05, 0) is 20.9 Å². The van der Waals surface area contributed by atoms with Gasteiger partial charge in [-0.25, -0.2) is 4.39 Å². The van der Waals surface area contributed by atoms with Gasteiger partial charge in [-0.3, -0.25) is 4.79 Å². The molecule has 0 aliphatic rings. The number of rotatable bonds is 17. The van der Waals surface area contributed by atoms with Crippen LogP contribution in [0.4, 0.5) is 4.39 Å². The zero-order valence-electron chi connectivity index (χ0n) is 14.4. The lowest BCUT2D eigenvalue weighted by Crippen LogP contribution is -2.43. The highest BCUT2D eigenvalue weighted by Gasteiger charge is 2.30. The Morgan fingerprint density at radius 1 is 1.00 bits per heavy atom. The van der Waals surface area contributed by atoms with Gasteiger partial charge >= 0.3 is 0 Å². The van der Waals surface area contributed by atoms with Crippen molar-refractivity contribution >= 4 is 6.41 Å². The summed E-state index contributed by atoms with van der Waals surface area (Å²) >= 11 is 0. The second-order valence-corrected chi connectivity index (χ2v) is 5.39. The van der Waals surface area contributed by atoms with Crippen molar-refractivity contribution in [3.8, 4) is 0 Å². The minimum atomic E-state index is -1.28. The molecule has 0 fully saturated rings. The van der Waals surface area contributed by atoms with Gasteiger partial charge in [0.1, 0.15) is 6.17 Å². The summed E-state index contributed by atoms with van der Waals surface area (Å²) in [4.78, 5) is 10.1. The number of likely N-dealkylation sites (N-methyl/N-ethyl adjacent to an activating group) is 1. The first kappa shape index (κ1) is 22.2. The second-order valence-electron chi connectivity index (χ2n) is 5.39. The van der Waals surface area contributed by atoms with Gasteiger partial charge in [0, 0.05) is 6.54 Å². The van der Waals surface area contributed by atoms with Crippen molar-refractivity contribution in [1.82, 2.24) is 10.6 Å². The molecule has 0 aromatic carbocycles. The average molecular weight is 338 g/mol. The van der Waals surface area contributed by atoms with Gasteiger partial charge in [-0.15, -0.1) is 0 Å². The number of alkyl halides is 1. The normalized spacial score (nSPS) is 13.0. The Kier molecular flexibility index (Phi) is 14.3. The number of nitrogens with one attached hydrogen (secondary N) is 2. The Morgan fingerprint density at radius 2 is 1.52 bits per heavy atom. The fraction of sp³-hybridized carbons (Fsp3) is 0.933. The Hall–Kier alpha value is -0.800. The third kappa shape index (κ3) is 13.3. The van der Waals surface area contributed by atoms with Crippen molar-refractivity contribution in [1.29, 1.82) is 0 Å². The molecule has 0 spiro atoms. The summed E-state index contributed by atoms with van der Waals surface area (Å²) in [5.74, 6) is 0. The third-order valence-corrected chi connectivity index (χ3v) is 3.08. The van der Waals surface area contributed by atoms with E-state index >= 15 is 0 Å². The minimum Gasteiger partial charge on any atom is -0.378 e. The molecule has 0 bridgehead atoms. The molecule has 0 aromatic heterocycles. The van der Waals surface area contributed by atoms with Gasteiger partial charge in [0.05, 0.1) is 58.4 Å². The van der Waals surface area contributed by atoms with Gasteiger partial charge in [0.15, 0.2) is 0 Å². The molecule has 23 heavy (non-hydrogen) atoms. The van der Waals surface area contributed by atoms with E-state index in [4.69, 9.17) is 18.9 Å². The van der Waals surface area contributed by atoms with Crippen LogP contribution in [-0.2, 0) is 23.7 Å². The summed E-state index contributed by atoms with van der Waals surface area (Å²) < 4.78 is 35.2. The summed E-state index contributed by atoms with van der Waals surface area (Å²) in [6, 6.07) is 0. The summed E-state index contributed by atoms with van der Waals surface area (Å²) in [7, 11) is 1.87. The van der Waals surface area contributed by atoms with E-state index in [0.717, 1.165) is 6.54 Å². The van der Waals surface area contributed by atoms with Gasteiger partial charge in [-0.2, -0.15) is 0 Å². The van der Waals surface area contributed by atoms with Crippen molar-refractivity contribution in [2.24, 2.45) is 0 Å². The molecule has 1 unspecified atom stereocenters. The molecule has 0 heterocycles. The number of amides is 1. The van der Waals surface area contributed by atoms with E-state index in [1.54, 1.807) is 13.8 Å². The first-order valence-electron chi connectivity index (χ1n) is 7.87. The first-order valence-corrected chi connectivity index (χ1v) is 7.87. The van der Waals surface area contributed by atoms with Crippen LogP contribution in [0.5, 0.6) is 0 Å². The number of hydrogen-bond donors (Lipinski definition) is 2. The fourth-order valence-electron chi connectivity index (χ4n) is 1.57. The summed E-state index contributed by atoms with van der Waals surface area (Å²) in [6.45, 7) is 7.37. The topological polar surface area (TPSA) is 78.1 Å². The Morgan fingerprint density at radius 3 is 2.04 bits per heavy atom. The molecule has 0 aliphatic carbocycles. The second kappa shape index (κ2) is 14.8. The van der Waals surface area contributed by atoms with Crippen LogP contribution in [0.3, 0.4) is 0 Å². The van der Waals surface area contributed by atoms with Crippen LogP contribution in [-0.4, -0.2) is 84.6 Å². The Balaban J connectivity index is 3.39. The lowest BCUT2D eigenvalue weighted by molar-refractivity contribution is -0.111. The molecule has 0 rings (SSSR count). The van der Waals surface area contributed by atoms with Crippen LogP contribution in [0.1, 0.15) is 13.8 Å². The van der Waals surface area contributed by atoms with Crippen molar-refractivity contribution in [3.05, 3.63) is 0 Å². The van der Waals surface area contributed by atoms with Gasteiger partial charge in [0.25, 0.3) is 0 Å². The van der Waals surface area contributed by atoms with E-state index < -0.39 is 11.8 Å². The van der Waals surface area contributed by atoms with E-state index in [0.29, 0.717) is 46.1 Å². The molecule has 7 nitrogen and oxygen atoms in total. The highest BCUT2D eigenvalue weighted by atomic mass is 19.1. The molecule has 1 amide bonds. The molecular formula is C15H31FN2O5. The molecular weight excluding hydrogens is 307 g/mol. The summed E-state index contributed by atoms with van der Waals surface area (Å²) in [5, 5.41) is 5.29. The quantitative estimate of drug-likeness (QED) is 0.290. The zero-order chi connectivity index (χ0) is 17.4. The van der Waals surface area contributed by atoms with Crippen LogP contribution in [0, 0.1) is 0 Å². The predicted molar refractivity (Wildman–Crippen MR) is 85.4 cm³/mol. The van der Waals surface area contributed by atoms with Crippen molar-refractivity contribution in [2.75, 3.05) is 66.4 Å². The molecule has 0 saturated carbocycles. The van der Waals surface area contributed by atoms with Gasteiger partial charge in [0.2, 0.25) is 6.41 Å². The number of halogens is 1. The average Bonchev–Trinajstić information content (AvgIpc) is 2.53. The van der Waals surface area contributed by atoms with E-state index in [2.05, 4.69) is 10.6 Å². The standard InChI is InChI=1S/C15H31FN2O5/c1-15(2,14(16)12-18-13-19)23-11-10-22-9-8-21-7-6-20-5-4-17-3/h13-14,17H,4-12H2,1-3H3,(H,18,19). The third-order valence-electron chi connectivity index (χ3n) is 3.08. The number of ether oxygens (including phenoxy) is 4. The maximum absolute atomic E-state index is 13.8. The monoisotopic (exact) mass is 338 g/mol. The number of carbonyl (C=O) groups excluding carboxylic acids is 1. The molecule has 138 valence electrons. The molecule has 0 aromatic rings. The van der Waals surface area contributed by atoms with Crippen LogP contribution in [0.15, 0.2) is 0 Å². The SMILES string of the molecule is CNCCOCCOCCOCCOC(C)(C)C(F)CNC=O. The van der Waals surface area contributed by atoms with E-state index in [1.807, 2.05) is 7.05 Å². The largest absolute Gasteiger partial charge is 0.378 e. The molecule has 0 aliphatic heterocycles. The first-order chi connectivity index (χ1) is 11.0. The molecule has 1 atom stereocenters. The molecule has 0 saturated heterocycles. The smallest absolute Gasteiger partial charge is 0.207 e. The highest BCUT2D eigenvalue weighted by molar-refractivity contribution is 5.45. The lowest BCUT2D eigenvalue weighted by atomic mass is 10.0.